The molecule has 1 heterocycles. The van der Waals surface area contributed by atoms with Crippen molar-refractivity contribution in [3.05, 3.63) is 34.4 Å². The Morgan fingerprint density at radius 1 is 1.21 bits per heavy atom. The molecule has 2 aliphatic rings. The fourth-order valence-corrected chi connectivity index (χ4v) is 5.27. The third-order valence-electron chi connectivity index (χ3n) is 5.36. The summed E-state index contributed by atoms with van der Waals surface area (Å²) in [5.41, 5.74) is 5.37. The SMILES string of the molecule is Cc1cc(C)c(CSCC(=O)N2CCO[C@H]3CCCC[C@@H]32)c(C)c1. The van der Waals surface area contributed by atoms with Crippen molar-refractivity contribution in [2.24, 2.45) is 0 Å². The summed E-state index contributed by atoms with van der Waals surface area (Å²) in [7, 11) is 0. The molecular formula is C20H29NO2S. The highest BCUT2D eigenvalue weighted by atomic mass is 32.2. The average Bonchev–Trinajstić information content (AvgIpc) is 2.56. The van der Waals surface area contributed by atoms with Crippen LogP contribution in [0.3, 0.4) is 0 Å². The van der Waals surface area contributed by atoms with Crippen LogP contribution < -0.4 is 0 Å². The molecule has 1 amide bonds. The van der Waals surface area contributed by atoms with Crippen molar-refractivity contribution >= 4 is 17.7 Å². The maximum Gasteiger partial charge on any atom is 0.232 e. The summed E-state index contributed by atoms with van der Waals surface area (Å²) >= 11 is 1.75. The first-order valence-corrected chi connectivity index (χ1v) is 10.3. The molecular weight excluding hydrogens is 318 g/mol. The first kappa shape index (κ1) is 17.8. The van der Waals surface area contributed by atoms with Gasteiger partial charge in [-0.15, -0.1) is 11.8 Å². The van der Waals surface area contributed by atoms with E-state index in [4.69, 9.17) is 4.74 Å². The summed E-state index contributed by atoms with van der Waals surface area (Å²) in [6.45, 7) is 7.95. The molecule has 0 spiro atoms. The standard InChI is InChI=1S/C20H29NO2S/c1-14-10-15(2)17(16(3)11-14)12-24-13-20(22)21-8-9-23-19-7-5-4-6-18(19)21/h10-11,18-19H,4-9,12-13H2,1-3H3/t18-,19-/m0/s1. The van der Waals surface area contributed by atoms with Crippen LogP contribution in [0, 0.1) is 20.8 Å². The number of benzene rings is 1. The van der Waals surface area contributed by atoms with Crippen molar-refractivity contribution in [3.8, 4) is 0 Å². The quantitative estimate of drug-likeness (QED) is 0.824. The van der Waals surface area contributed by atoms with Crippen LogP contribution in [0.15, 0.2) is 12.1 Å². The number of carbonyl (C=O) groups is 1. The highest BCUT2D eigenvalue weighted by Crippen LogP contribution is 2.29. The first-order valence-electron chi connectivity index (χ1n) is 9.12. The van der Waals surface area contributed by atoms with Crippen LogP contribution in [0.4, 0.5) is 0 Å². The molecule has 3 rings (SSSR count). The van der Waals surface area contributed by atoms with Crippen LogP contribution >= 0.6 is 11.8 Å². The van der Waals surface area contributed by atoms with E-state index >= 15 is 0 Å². The van der Waals surface area contributed by atoms with Crippen molar-refractivity contribution in [1.82, 2.24) is 4.90 Å². The molecule has 24 heavy (non-hydrogen) atoms. The minimum Gasteiger partial charge on any atom is -0.374 e. The number of rotatable bonds is 4. The number of fused-ring (bicyclic) bond motifs is 1. The molecule has 1 aromatic rings. The molecule has 1 aliphatic carbocycles. The molecule has 0 N–H and O–H groups in total. The van der Waals surface area contributed by atoms with E-state index < -0.39 is 0 Å². The molecule has 0 radical (unpaired) electrons. The van der Waals surface area contributed by atoms with Gasteiger partial charge in [0.1, 0.15) is 0 Å². The van der Waals surface area contributed by atoms with Crippen molar-refractivity contribution in [1.29, 1.82) is 0 Å². The number of hydrogen-bond donors (Lipinski definition) is 0. The number of ether oxygens (including phenoxy) is 1. The van der Waals surface area contributed by atoms with Gasteiger partial charge in [-0.25, -0.2) is 0 Å². The average molecular weight is 348 g/mol. The number of hydrogen-bond acceptors (Lipinski definition) is 3. The third kappa shape index (κ3) is 3.97. The zero-order valence-corrected chi connectivity index (χ0v) is 16.0. The number of nitrogens with zero attached hydrogens (tertiary/aromatic N) is 1. The van der Waals surface area contributed by atoms with Crippen molar-refractivity contribution in [3.63, 3.8) is 0 Å². The predicted molar refractivity (Wildman–Crippen MR) is 101 cm³/mol. The van der Waals surface area contributed by atoms with E-state index in [0.29, 0.717) is 24.3 Å². The number of morpholine rings is 1. The highest BCUT2D eigenvalue weighted by Gasteiger charge is 2.36. The summed E-state index contributed by atoms with van der Waals surface area (Å²) in [6.07, 6.45) is 4.97. The third-order valence-corrected chi connectivity index (χ3v) is 6.31. The molecule has 1 aromatic carbocycles. The van der Waals surface area contributed by atoms with Gasteiger partial charge >= 0.3 is 0 Å². The molecule has 0 bridgehead atoms. The van der Waals surface area contributed by atoms with E-state index in [0.717, 1.165) is 25.1 Å². The van der Waals surface area contributed by atoms with E-state index in [1.165, 1.54) is 35.1 Å². The van der Waals surface area contributed by atoms with Gasteiger partial charge in [0.05, 0.1) is 24.5 Å². The molecule has 2 fully saturated rings. The first-order chi connectivity index (χ1) is 11.6. The Morgan fingerprint density at radius 3 is 2.67 bits per heavy atom. The Balaban J connectivity index is 1.56. The van der Waals surface area contributed by atoms with Gasteiger partial charge in [-0.2, -0.15) is 0 Å². The number of thioether (sulfide) groups is 1. The summed E-state index contributed by atoms with van der Waals surface area (Å²) < 4.78 is 5.88. The number of carbonyl (C=O) groups excluding carboxylic acids is 1. The summed E-state index contributed by atoms with van der Waals surface area (Å²) in [5, 5.41) is 0. The van der Waals surface area contributed by atoms with Gasteiger partial charge in [0, 0.05) is 12.3 Å². The van der Waals surface area contributed by atoms with E-state index in [1.807, 2.05) is 0 Å². The van der Waals surface area contributed by atoms with Crippen LogP contribution in [0.25, 0.3) is 0 Å². The second-order valence-electron chi connectivity index (χ2n) is 7.22. The van der Waals surface area contributed by atoms with Crippen LogP contribution in [-0.4, -0.2) is 41.9 Å². The van der Waals surface area contributed by atoms with E-state index in [9.17, 15) is 4.79 Å². The van der Waals surface area contributed by atoms with Gasteiger partial charge < -0.3 is 9.64 Å². The van der Waals surface area contributed by atoms with Gasteiger partial charge in [0.2, 0.25) is 5.91 Å². The molecule has 1 saturated heterocycles. The Hall–Kier alpha value is -1.00. The molecule has 4 heteroatoms. The minimum atomic E-state index is 0.281. The lowest BCUT2D eigenvalue weighted by Gasteiger charge is -2.43. The van der Waals surface area contributed by atoms with Crippen molar-refractivity contribution in [2.45, 2.75) is 64.4 Å². The second-order valence-corrected chi connectivity index (χ2v) is 8.20. The summed E-state index contributed by atoms with van der Waals surface area (Å²) in [5.74, 6) is 1.79. The second kappa shape index (κ2) is 7.92. The fraction of sp³-hybridized carbons (Fsp3) is 0.650. The smallest absolute Gasteiger partial charge is 0.232 e. The molecule has 3 nitrogen and oxygen atoms in total. The zero-order chi connectivity index (χ0) is 17.1. The van der Waals surface area contributed by atoms with Crippen LogP contribution in [0.1, 0.15) is 47.9 Å². The molecule has 132 valence electrons. The Morgan fingerprint density at radius 2 is 1.92 bits per heavy atom. The van der Waals surface area contributed by atoms with Crippen LogP contribution in [0.2, 0.25) is 0 Å². The lowest BCUT2D eigenvalue weighted by atomic mass is 9.90. The van der Waals surface area contributed by atoms with Gasteiger partial charge in [-0.05, 0) is 50.3 Å². The van der Waals surface area contributed by atoms with Gasteiger partial charge in [0.25, 0.3) is 0 Å². The molecule has 1 aliphatic heterocycles. The lowest BCUT2D eigenvalue weighted by Crippen LogP contribution is -2.55. The molecule has 2 atom stereocenters. The van der Waals surface area contributed by atoms with Gasteiger partial charge in [-0.3, -0.25) is 4.79 Å². The monoisotopic (exact) mass is 347 g/mol. The van der Waals surface area contributed by atoms with Gasteiger partial charge in [-0.1, -0.05) is 30.5 Å². The maximum absolute atomic E-state index is 12.7. The molecule has 0 unspecified atom stereocenters. The minimum absolute atomic E-state index is 0.281. The van der Waals surface area contributed by atoms with Crippen molar-refractivity contribution in [2.75, 3.05) is 18.9 Å². The topological polar surface area (TPSA) is 29.5 Å². The predicted octanol–water partition coefficient (Wildman–Crippen LogP) is 4.02. The number of aryl methyl sites for hydroxylation is 3. The summed E-state index contributed by atoms with van der Waals surface area (Å²) in [4.78, 5) is 14.8. The fourth-order valence-electron chi connectivity index (χ4n) is 4.17. The van der Waals surface area contributed by atoms with E-state index in [1.54, 1.807) is 11.8 Å². The maximum atomic E-state index is 12.7. The molecule has 1 saturated carbocycles. The van der Waals surface area contributed by atoms with E-state index in [-0.39, 0.29) is 6.10 Å². The van der Waals surface area contributed by atoms with Crippen molar-refractivity contribution < 1.29 is 9.53 Å². The van der Waals surface area contributed by atoms with E-state index in [2.05, 4.69) is 37.8 Å². The van der Waals surface area contributed by atoms with Crippen LogP contribution in [0.5, 0.6) is 0 Å². The van der Waals surface area contributed by atoms with Gasteiger partial charge in [0.15, 0.2) is 0 Å². The normalized spacial score (nSPS) is 23.9. The lowest BCUT2D eigenvalue weighted by molar-refractivity contribution is -0.146. The summed E-state index contributed by atoms with van der Waals surface area (Å²) in [6, 6.07) is 4.79. The van der Waals surface area contributed by atoms with Crippen LogP contribution in [-0.2, 0) is 15.3 Å². The Labute approximate surface area is 150 Å². The largest absolute Gasteiger partial charge is 0.374 e. The Bertz CT molecular complexity index is 576. The Kier molecular flexibility index (Phi) is 5.88. The zero-order valence-electron chi connectivity index (χ0n) is 15.1. The number of amides is 1. The highest BCUT2D eigenvalue weighted by molar-refractivity contribution is 7.99. The molecule has 0 aromatic heterocycles.